The first-order valence-electron chi connectivity index (χ1n) is 6.76. The number of hydrogen-bond donors (Lipinski definition) is 1. The van der Waals surface area contributed by atoms with Gasteiger partial charge < -0.3 is 5.32 Å². The zero-order chi connectivity index (χ0) is 12.7. The van der Waals surface area contributed by atoms with Crippen LogP contribution in [0, 0.1) is 5.41 Å². The van der Waals surface area contributed by atoms with E-state index in [4.69, 9.17) is 0 Å². The highest BCUT2D eigenvalue weighted by atomic mass is 32.1. The molecular weight excluding hydrogens is 226 g/mol. The van der Waals surface area contributed by atoms with Crippen LogP contribution < -0.4 is 5.32 Å². The van der Waals surface area contributed by atoms with E-state index in [9.17, 15) is 0 Å². The number of nitrogens with one attached hydrogen (secondary N) is 1. The van der Waals surface area contributed by atoms with Crippen LogP contribution in [0.25, 0.3) is 0 Å². The maximum atomic E-state index is 3.68. The summed E-state index contributed by atoms with van der Waals surface area (Å²) < 4.78 is 0. The molecule has 0 radical (unpaired) electrons. The Labute approximate surface area is 111 Å². The minimum atomic E-state index is 0.445. The summed E-state index contributed by atoms with van der Waals surface area (Å²) in [6.45, 7) is 10.4. The molecule has 0 aliphatic carbocycles. The first-order valence-corrected chi connectivity index (χ1v) is 7.70. The van der Waals surface area contributed by atoms with Crippen molar-refractivity contribution in [2.45, 2.75) is 59.4 Å². The average Bonchev–Trinajstić information content (AvgIpc) is 2.73. The second-order valence-corrected chi connectivity index (χ2v) is 6.87. The summed E-state index contributed by atoms with van der Waals surface area (Å²) in [4.78, 5) is 0. The molecule has 1 nitrogen and oxygen atoms in total. The highest BCUT2D eigenvalue weighted by molar-refractivity contribution is 7.07. The van der Waals surface area contributed by atoms with E-state index in [1.165, 1.54) is 31.2 Å². The molecule has 2 heteroatoms. The molecule has 0 saturated carbocycles. The monoisotopic (exact) mass is 253 g/mol. The lowest BCUT2D eigenvalue weighted by Gasteiger charge is -2.24. The molecule has 1 heterocycles. The Morgan fingerprint density at radius 3 is 2.65 bits per heavy atom. The molecule has 1 aromatic heterocycles. The fraction of sp³-hybridized carbons (Fsp3) is 0.733. The van der Waals surface area contributed by atoms with Crippen molar-refractivity contribution in [1.29, 1.82) is 0 Å². The second kappa shape index (κ2) is 7.17. The molecule has 98 valence electrons. The molecule has 0 bridgehead atoms. The van der Waals surface area contributed by atoms with E-state index >= 15 is 0 Å². The van der Waals surface area contributed by atoms with E-state index in [1.807, 2.05) is 0 Å². The summed E-state index contributed by atoms with van der Waals surface area (Å²) in [6, 6.07) is 2.89. The lowest BCUT2D eigenvalue weighted by Crippen LogP contribution is -2.32. The maximum Gasteiger partial charge on any atom is 0.0108 e. The van der Waals surface area contributed by atoms with Crippen molar-refractivity contribution < 1.29 is 0 Å². The van der Waals surface area contributed by atoms with Gasteiger partial charge in [0.05, 0.1) is 0 Å². The summed E-state index contributed by atoms with van der Waals surface area (Å²) in [5.41, 5.74) is 1.93. The van der Waals surface area contributed by atoms with Crippen LogP contribution >= 0.6 is 11.3 Å². The first kappa shape index (κ1) is 14.7. The molecule has 1 atom stereocenters. The summed E-state index contributed by atoms with van der Waals surface area (Å²) in [5, 5.41) is 8.14. The normalized spacial score (nSPS) is 13.9. The molecule has 1 aromatic rings. The summed E-state index contributed by atoms with van der Waals surface area (Å²) in [5.74, 6) is 0. The van der Waals surface area contributed by atoms with E-state index in [2.05, 4.69) is 49.8 Å². The van der Waals surface area contributed by atoms with Crippen LogP contribution in [-0.2, 0) is 6.42 Å². The van der Waals surface area contributed by atoms with Crippen molar-refractivity contribution in [1.82, 2.24) is 5.32 Å². The van der Waals surface area contributed by atoms with Crippen molar-refractivity contribution in [3.8, 4) is 0 Å². The average molecular weight is 253 g/mol. The van der Waals surface area contributed by atoms with Crippen LogP contribution in [0.5, 0.6) is 0 Å². The highest BCUT2D eigenvalue weighted by Gasteiger charge is 2.15. The fourth-order valence-electron chi connectivity index (χ4n) is 1.93. The predicted molar refractivity (Wildman–Crippen MR) is 78.8 cm³/mol. The van der Waals surface area contributed by atoms with Crippen molar-refractivity contribution in [3.05, 3.63) is 22.4 Å². The Kier molecular flexibility index (Phi) is 6.21. The summed E-state index contributed by atoms with van der Waals surface area (Å²) >= 11 is 1.80. The molecule has 0 spiro atoms. The molecule has 1 unspecified atom stereocenters. The molecule has 1 N–H and O–H groups in total. The first-order chi connectivity index (χ1) is 8.01. The van der Waals surface area contributed by atoms with Crippen LogP contribution in [0.2, 0.25) is 0 Å². The van der Waals surface area contributed by atoms with Gasteiger partial charge in [-0.15, -0.1) is 0 Å². The Morgan fingerprint density at radius 2 is 2.12 bits per heavy atom. The van der Waals surface area contributed by atoms with Crippen molar-refractivity contribution in [2.75, 3.05) is 6.54 Å². The Balaban J connectivity index is 2.42. The van der Waals surface area contributed by atoms with E-state index in [1.54, 1.807) is 11.3 Å². The minimum Gasteiger partial charge on any atom is -0.314 e. The smallest absolute Gasteiger partial charge is 0.0108 e. The van der Waals surface area contributed by atoms with E-state index < -0.39 is 0 Å². The van der Waals surface area contributed by atoms with E-state index in [0.717, 1.165) is 6.54 Å². The maximum absolute atomic E-state index is 3.68. The molecule has 1 rings (SSSR count). The Morgan fingerprint density at radius 1 is 1.35 bits per heavy atom. The van der Waals surface area contributed by atoms with Gasteiger partial charge >= 0.3 is 0 Å². The molecular formula is C15H27NS. The van der Waals surface area contributed by atoms with Crippen LogP contribution in [0.1, 0.15) is 52.5 Å². The van der Waals surface area contributed by atoms with Crippen molar-refractivity contribution in [3.63, 3.8) is 0 Å². The number of hydrogen-bond acceptors (Lipinski definition) is 2. The Hall–Kier alpha value is -0.340. The van der Waals surface area contributed by atoms with Crippen molar-refractivity contribution >= 4 is 11.3 Å². The van der Waals surface area contributed by atoms with Gasteiger partial charge in [-0.25, -0.2) is 0 Å². The van der Waals surface area contributed by atoms with E-state index in [-0.39, 0.29) is 0 Å². The molecule has 0 fully saturated rings. The van der Waals surface area contributed by atoms with Crippen LogP contribution in [0.4, 0.5) is 0 Å². The molecule has 0 saturated heterocycles. The summed E-state index contributed by atoms with van der Waals surface area (Å²) in [7, 11) is 0. The quantitative estimate of drug-likeness (QED) is 0.755. The third kappa shape index (κ3) is 6.85. The Bertz CT molecular complexity index is 284. The highest BCUT2D eigenvalue weighted by Crippen LogP contribution is 2.23. The van der Waals surface area contributed by atoms with Gasteiger partial charge in [-0.3, -0.25) is 0 Å². The summed E-state index contributed by atoms with van der Waals surface area (Å²) in [6.07, 6.45) is 4.97. The van der Waals surface area contributed by atoms with Crippen molar-refractivity contribution in [2.24, 2.45) is 5.41 Å². The van der Waals surface area contributed by atoms with Crippen LogP contribution in [0.3, 0.4) is 0 Å². The zero-order valence-electron chi connectivity index (χ0n) is 11.8. The van der Waals surface area contributed by atoms with Crippen LogP contribution in [-0.4, -0.2) is 12.6 Å². The van der Waals surface area contributed by atoms with Gasteiger partial charge in [0.15, 0.2) is 0 Å². The van der Waals surface area contributed by atoms with E-state index in [0.29, 0.717) is 11.5 Å². The van der Waals surface area contributed by atoms with Gasteiger partial charge in [0.2, 0.25) is 0 Å². The largest absolute Gasteiger partial charge is 0.314 e. The standard InChI is InChI=1S/C15H27NS/c1-5-9-16-14(6-8-15(2,3)4)11-13-7-10-17-12-13/h7,10,12,14,16H,5-6,8-9,11H2,1-4H3. The number of rotatable bonds is 7. The lowest BCUT2D eigenvalue weighted by atomic mass is 9.87. The third-order valence-corrected chi connectivity index (χ3v) is 3.72. The lowest BCUT2D eigenvalue weighted by molar-refractivity contribution is 0.328. The predicted octanol–water partition coefficient (Wildman–Crippen LogP) is 4.49. The molecule has 0 aliphatic heterocycles. The van der Waals surface area contributed by atoms with Gasteiger partial charge in [0.1, 0.15) is 0 Å². The third-order valence-electron chi connectivity index (χ3n) is 2.99. The topological polar surface area (TPSA) is 12.0 Å². The zero-order valence-corrected chi connectivity index (χ0v) is 12.6. The van der Waals surface area contributed by atoms with Crippen LogP contribution in [0.15, 0.2) is 16.8 Å². The SMILES string of the molecule is CCCNC(CCC(C)(C)C)Cc1ccsc1. The molecule has 0 amide bonds. The second-order valence-electron chi connectivity index (χ2n) is 6.09. The van der Waals surface area contributed by atoms with Gasteiger partial charge in [0.25, 0.3) is 0 Å². The number of thiophene rings is 1. The van der Waals surface area contributed by atoms with Gasteiger partial charge in [-0.2, -0.15) is 11.3 Å². The van der Waals surface area contributed by atoms with Gasteiger partial charge in [0, 0.05) is 6.04 Å². The minimum absolute atomic E-state index is 0.445. The fourth-order valence-corrected chi connectivity index (χ4v) is 2.61. The molecule has 0 aliphatic rings. The van der Waals surface area contributed by atoms with Gasteiger partial charge in [-0.1, -0.05) is 27.7 Å². The molecule has 0 aromatic carbocycles. The molecule has 17 heavy (non-hydrogen) atoms. The van der Waals surface area contributed by atoms with Gasteiger partial charge in [-0.05, 0) is 60.0 Å².